The lowest BCUT2D eigenvalue weighted by molar-refractivity contribution is -0.684. The van der Waals surface area contributed by atoms with E-state index < -0.39 is 16.0 Å². The molecule has 92 valence electrons. The molecule has 0 aliphatic carbocycles. The second-order valence-corrected chi connectivity index (χ2v) is 5.01. The fraction of sp³-hybridized carbons (Fsp3) is 0.545. The van der Waals surface area contributed by atoms with E-state index in [0.717, 1.165) is 11.3 Å². The van der Waals surface area contributed by atoms with Gasteiger partial charge in [0.15, 0.2) is 22.0 Å². The molecule has 0 radical (unpaired) electrons. The van der Waals surface area contributed by atoms with Gasteiger partial charge in [0.2, 0.25) is 5.88 Å². The Labute approximate surface area is 97.7 Å². The van der Waals surface area contributed by atoms with Gasteiger partial charge in [-0.3, -0.25) is 0 Å². The highest BCUT2D eigenvalue weighted by atomic mass is 32.2. The number of rotatable bonds is 2. The molecular formula is C11H19NO3S. The molecule has 0 aliphatic rings. The number of hydrogen-bond donors (Lipinski definition) is 0. The fourth-order valence-corrected chi connectivity index (χ4v) is 1.68. The second-order valence-electron chi connectivity index (χ2n) is 3.64. The van der Waals surface area contributed by atoms with Crippen molar-refractivity contribution in [1.82, 2.24) is 0 Å². The maximum atomic E-state index is 10.5. The molecule has 0 bridgehead atoms. The Hall–Kier alpha value is -0.940. The van der Waals surface area contributed by atoms with Crippen molar-refractivity contribution < 1.29 is 17.5 Å². The smallest absolute Gasteiger partial charge is 0.236 e. The van der Waals surface area contributed by atoms with Crippen LogP contribution in [0.15, 0.2) is 18.3 Å². The Morgan fingerprint density at radius 3 is 2.25 bits per heavy atom. The maximum Gasteiger partial charge on any atom is 0.236 e. The zero-order chi connectivity index (χ0) is 12.8. The van der Waals surface area contributed by atoms with E-state index in [9.17, 15) is 13.0 Å². The van der Waals surface area contributed by atoms with Crippen LogP contribution in [0.4, 0.5) is 0 Å². The predicted molar refractivity (Wildman–Crippen MR) is 61.8 cm³/mol. The minimum absolute atomic E-state index is 0.499. The summed E-state index contributed by atoms with van der Waals surface area (Å²) in [6.45, 7) is 7.89. The van der Waals surface area contributed by atoms with Crippen molar-refractivity contribution in [3.05, 3.63) is 29.6 Å². The molecule has 0 saturated heterocycles. The Morgan fingerprint density at radius 2 is 1.81 bits per heavy atom. The average molecular weight is 245 g/mol. The van der Waals surface area contributed by atoms with Gasteiger partial charge < -0.3 is 4.55 Å². The molecule has 0 fully saturated rings. The number of nitrogens with zero attached hydrogens (tertiary/aromatic N) is 1. The van der Waals surface area contributed by atoms with Crippen LogP contribution >= 0.6 is 0 Å². The van der Waals surface area contributed by atoms with Gasteiger partial charge in [0.1, 0.15) is 0 Å². The molecule has 5 heteroatoms. The second kappa shape index (κ2) is 6.60. The first-order valence-corrected chi connectivity index (χ1v) is 6.78. The van der Waals surface area contributed by atoms with Gasteiger partial charge in [-0.15, -0.1) is 0 Å². The van der Waals surface area contributed by atoms with Gasteiger partial charge in [-0.25, -0.2) is 8.42 Å². The lowest BCUT2D eigenvalue weighted by atomic mass is 10.2. The zero-order valence-corrected chi connectivity index (χ0v) is 11.0. The zero-order valence-electron chi connectivity index (χ0n) is 10.2. The van der Waals surface area contributed by atoms with Crippen LogP contribution in [0.5, 0.6) is 0 Å². The quantitative estimate of drug-likeness (QED) is 0.586. The predicted octanol–water partition coefficient (Wildman–Crippen LogP) is 1.51. The van der Waals surface area contributed by atoms with Crippen molar-refractivity contribution in [3.8, 4) is 0 Å². The molecule has 0 N–H and O–H groups in total. The molecule has 0 amide bonds. The number of aryl methyl sites for hydroxylation is 1. The van der Waals surface area contributed by atoms with Crippen LogP contribution in [0.1, 0.15) is 31.5 Å². The summed E-state index contributed by atoms with van der Waals surface area (Å²) in [5.41, 5.74) is 1.76. The number of aromatic nitrogens is 1. The van der Waals surface area contributed by atoms with Crippen LogP contribution in [0.25, 0.3) is 0 Å². The van der Waals surface area contributed by atoms with Gasteiger partial charge in [-0.1, -0.05) is 20.3 Å². The Morgan fingerprint density at radius 1 is 1.31 bits per heavy atom. The highest BCUT2D eigenvalue weighted by molar-refractivity contribution is 7.84. The standard InChI is InChI=1S/C8H11NO3S.C3H8/c1-7-4-3-5-9(8(7)2)6-13(10,11)12;1-3-2/h3-5H,6H2,1-2H3;3H2,1-2H3. The third-order valence-electron chi connectivity index (χ3n) is 1.91. The van der Waals surface area contributed by atoms with E-state index in [0.29, 0.717) is 0 Å². The molecule has 0 unspecified atom stereocenters. The highest BCUT2D eigenvalue weighted by Gasteiger charge is 2.10. The summed E-state index contributed by atoms with van der Waals surface area (Å²) in [6.07, 6.45) is 2.83. The summed E-state index contributed by atoms with van der Waals surface area (Å²) in [4.78, 5) is 0. The van der Waals surface area contributed by atoms with Crippen molar-refractivity contribution in [3.63, 3.8) is 0 Å². The third kappa shape index (κ3) is 5.82. The fourth-order valence-electron chi connectivity index (χ4n) is 1.06. The van der Waals surface area contributed by atoms with E-state index >= 15 is 0 Å². The lowest BCUT2D eigenvalue weighted by Crippen LogP contribution is -2.40. The van der Waals surface area contributed by atoms with Crippen molar-refractivity contribution in [2.75, 3.05) is 0 Å². The van der Waals surface area contributed by atoms with E-state index in [1.165, 1.54) is 11.0 Å². The van der Waals surface area contributed by atoms with Crippen LogP contribution in [0.3, 0.4) is 0 Å². The van der Waals surface area contributed by atoms with E-state index in [-0.39, 0.29) is 0 Å². The third-order valence-corrected chi connectivity index (χ3v) is 2.51. The van der Waals surface area contributed by atoms with Crippen LogP contribution in [-0.2, 0) is 16.0 Å². The lowest BCUT2D eigenvalue weighted by Gasteiger charge is -2.05. The maximum absolute atomic E-state index is 10.5. The molecule has 1 aromatic rings. The van der Waals surface area contributed by atoms with Gasteiger partial charge >= 0.3 is 0 Å². The first-order chi connectivity index (χ1) is 7.31. The molecule has 1 heterocycles. The molecular weight excluding hydrogens is 226 g/mol. The molecule has 0 spiro atoms. The Kier molecular flexibility index (Phi) is 6.21. The Balaban J connectivity index is 0.000000673. The summed E-state index contributed by atoms with van der Waals surface area (Å²) >= 11 is 0. The molecule has 0 aromatic carbocycles. The number of hydrogen-bond acceptors (Lipinski definition) is 3. The SMILES string of the molecule is CCC.Cc1ccc[n+](CS(=O)(=O)[O-])c1C. The summed E-state index contributed by atoms with van der Waals surface area (Å²) in [6, 6.07) is 3.58. The van der Waals surface area contributed by atoms with Crippen molar-refractivity contribution in [2.24, 2.45) is 0 Å². The average Bonchev–Trinajstić information content (AvgIpc) is 2.12. The van der Waals surface area contributed by atoms with Gasteiger partial charge in [0.25, 0.3) is 0 Å². The molecule has 0 aliphatic heterocycles. The van der Waals surface area contributed by atoms with Crippen molar-refractivity contribution in [1.29, 1.82) is 0 Å². The minimum Gasteiger partial charge on any atom is -0.743 e. The summed E-state index contributed by atoms with van der Waals surface area (Å²) in [5, 5.41) is 0. The van der Waals surface area contributed by atoms with Crippen molar-refractivity contribution in [2.45, 2.75) is 40.0 Å². The molecule has 16 heavy (non-hydrogen) atoms. The molecule has 1 rings (SSSR count). The van der Waals surface area contributed by atoms with Crippen LogP contribution in [0, 0.1) is 13.8 Å². The van der Waals surface area contributed by atoms with E-state index in [2.05, 4.69) is 13.8 Å². The summed E-state index contributed by atoms with van der Waals surface area (Å²) < 4.78 is 32.9. The van der Waals surface area contributed by atoms with Crippen LogP contribution in [-0.4, -0.2) is 13.0 Å². The van der Waals surface area contributed by atoms with Crippen LogP contribution in [0.2, 0.25) is 0 Å². The normalized spacial score (nSPS) is 10.6. The van der Waals surface area contributed by atoms with E-state index in [1.807, 2.05) is 13.0 Å². The first-order valence-electron chi connectivity index (χ1n) is 5.21. The van der Waals surface area contributed by atoms with Gasteiger partial charge in [-0.2, -0.15) is 4.57 Å². The van der Waals surface area contributed by atoms with Gasteiger partial charge in [0, 0.05) is 18.6 Å². The topological polar surface area (TPSA) is 61.1 Å². The highest BCUT2D eigenvalue weighted by Crippen LogP contribution is 1.99. The summed E-state index contributed by atoms with van der Waals surface area (Å²) in [5.74, 6) is -0.499. The van der Waals surface area contributed by atoms with Gasteiger partial charge in [0.05, 0.1) is 0 Å². The van der Waals surface area contributed by atoms with Gasteiger partial charge in [-0.05, 0) is 13.0 Å². The van der Waals surface area contributed by atoms with E-state index in [1.54, 1.807) is 19.2 Å². The molecule has 0 atom stereocenters. The van der Waals surface area contributed by atoms with E-state index in [4.69, 9.17) is 0 Å². The number of pyridine rings is 1. The molecule has 1 aromatic heterocycles. The molecule has 0 saturated carbocycles. The largest absolute Gasteiger partial charge is 0.743 e. The molecule has 4 nitrogen and oxygen atoms in total. The van der Waals surface area contributed by atoms with Crippen LogP contribution < -0.4 is 4.57 Å². The monoisotopic (exact) mass is 245 g/mol. The Bertz CT molecular complexity index is 427. The van der Waals surface area contributed by atoms with Crippen molar-refractivity contribution >= 4 is 10.1 Å². The summed E-state index contributed by atoms with van der Waals surface area (Å²) in [7, 11) is -4.20. The first kappa shape index (κ1) is 15.1. The minimum atomic E-state index is -4.20.